The SMILES string of the molecule is CCOc1cc(/C=N/NC(=O)C(=O)Nc2ccc(F)cc2)ccc1OCc1ccccc1. The van der Waals surface area contributed by atoms with Crippen molar-refractivity contribution in [1.29, 1.82) is 0 Å². The van der Waals surface area contributed by atoms with Gasteiger partial charge < -0.3 is 14.8 Å². The van der Waals surface area contributed by atoms with Crippen LogP contribution < -0.4 is 20.2 Å². The molecule has 164 valence electrons. The van der Waals surface area contributed by atoms with E-state index in [0.717, 1.165) is 5.56 Å². The lowest BCUT2D eigenvalue weighted by atomic mass is 10.2. The quantitative estimate of drug-likeness (QED) is 0.319. The molecule has 0 aliphatic heterocycles. The summed E-state index contributed by atoms with van der Waals surface area (Å²) in [7, 11) is 0. The van der Waals surface area contributed by atoms with E-state index in [0.29, 0.717) is 36.0 Å². The zero-order valence-corrected chi connectivity index (χ0v) is 17.4. The number of hydrazone groups is 1. The zero-order chi connectivity index (χ0) is 22.8. The summed E-state index contributed by atoms with van der Waals surface area (Å²) in [5, 5.41) is 6.15. The molecule has 3 rings (SSSR count). The fourth-order valence-electron chi connectivity index (χ4n) is 2.67. The molecule has 0 unspecified atom stereocenters. The lowest BCUT2D eigenvalue weighted by Crippen LogP contribution is -2.32. The number of ether oxygens (including phenoxy) is 2. The predicted molar refractivity (Wildman–Crippen MR) is 119 cm³/mol. The molecule has 0 aliphatic carbocycles. The highest BCUT2D eigenvalue weighted by Crippen LogP contribution is 2.28. The molecule has 3 aromatic carbocycles. The Balaban J connectivity index is 1.58. The van der Waals surface area contributed by atoms with Gasteiger partial charge in [-0.15, -0.1) is 0 Å². The first-order chi connectivity index (χ1) is 15.5. The topological polar surface area (TPSA) is 89.0 Å². The molecule has 8 heteroatoms. The van der Waals surface area contributed by atoms with Crippen molar-refractivity contribution in [3.05, 3.63) is 89.7 Å². The van der Waals surface area contributed by atoms with Gasteiger partial charge in [0.25, 0.3) is 0 Å². The lowest BCUT2D eigenvalue weighted by molar-refractivity contribution is -0.136. The highest BCUT2D eigenvalue weighted by atomic mass is 19.1. The van der Waals surface area contributed by atoms with Crippen molar-refractivity contribution >= 4 is 23.7 Å². The van der Waals surface area contributed by atoms with E-state index in [4.69, 9.17) is 9.47 Å². The van der Waals surface area contributed by atoms with Gasteiger partial charge in [-0.1, -0.05) is 30.3 Å². The smallest absolute Gasteiger partial charge is 0.329 e. The number of carbonyl (C=O) groups excluding carboxylic acids is 2. The van der Waals surface area contributed by atoms with Crippen molar-refractivity contribution in [3.8, 4) is 11.5 Å². The Morgan fingerprint density at radius 2 is 1.69 bits per heavy atom. The van der Waals surface area contributed by atoms with Crippen LogP contribution in [0, 0.1) is 5.82 Å². The Morgan fingerprint density at radius 3 is 2.41 bits per heavy atom. The maximum absolute atomic E-state index is 12.9. The van der Waals surface area contributed by atoms with Crippen molar-refractivity contribution in [2.45, 2.75) is 13.5 Å². The lowest BCUT2D eigenvalue weighted by Gasteiger charge is -2.12. The number of benzene rings is 3. The Labute approximate surface area is 184 Å². The van der Waals surface area contributed by atoms with E-state index in [2.05, 4.69) is 15.8 Å². The minimum absolute atomic E-state index is 0.294. The molecule has 2 amide bonds. The highest BCUT2D eigenvalue weighted by Gasteiger charge is 2.13. The van der Waals surface area contributed by atoms with Gasteiger partial charge in [-0.05, 0) is 60.5 Å². The van der Waals surface area contributed by atoms with E-state index in [9.17, 15) is 14.0 Å². The average molecular weight is 435 g/mol. The number of anilines is 1. The van der Waals surface area contributed by atoms with Crippen LogP contribution in [-0.4, -0.2) is 24.6 Å². The second-order valence-corrected chi connectivity index (χ2v) is 6.57. The summed E-state index contributed by atoms with van der Waals surface area (Å²) in [5.74, 6) is -1.21. The Bertz CT molecular complexity index is 1090. The Morgan fingerprint density at radius 1 is 0.938 bits per heavy atom. The summed E-state index contributed by atoms with van der Waals surface area (Å²) in [6, 6.07) is 20.0. The minimum Gasteiger partial charge on any atom is -0.490 e. The zero-order valence-electron chi connectivity index (χ0n) is 17.4. The molecule has 0 bridgehead atoms. The highest BCUT2D eigenvalue weighted by molar-refractivity contribution is 6.39. The third-order valence-electron chi connectivity index (χ3n) is 4.19. The van der Waals surface area contributed by atoms with Gasteiger partial charge >= 0.3 is 11.8 Å². The number of nitrogens with zero attached hydrogens (tertiary/aromatic N) is 1. The largest absolute Gasteiger partial charge is 0.490 e. The minimum atomic E-state index is -0.960. The van der Waals surface area contributed by atoms with Crippen LogP contribution in [0.2, 0.25) is 0 Å². The normalized spacial score (nSPS) is 10.6. The van der Waals surface area contributed by atoms with Crippen molar-refractivity contribution in [3.63, 3.8) is 0 Å². The number of hydrogen-bond donors (Lipinski definition) is 2. The number of nitrogens with one attached hydrogen (secondary N) is 2. The summed E-state index contributed by atoms with van der Waals surface area (Å²) < 4.78 is 24.4. The van der Waals surface area contributed by atoms with Gasteiger partial charge in [0, 0.05) is 5.69 Å². The molecule has 0 atom stereocenters. The number of rotatable bonds is 8. The summed E-state index contributed by atoms with van der Waals surface area (Å²) in [6.45, 7) is 2.71. The first kappa shape index (κ1) is 22.5. The number of halogens is 1. The van der Waals surface area contributed by atoms with Crippen LogP contribution >= 0.6 is 0 Å². The van der Waals surface area contributed by atoms with E-state index in [-0.39, 0.29) is 0 Å². The van der Waals surface area contributed by atoms with Crippen molar-refractivity contribution in [2.24, 2.45) is 5.10 Å². The maximum Gasteiger partial charge on any atom is 0.329 e. The molecule has 0 saturated carbocycles. The number of carbonyl (C=O) groups is 2. The van der Waals surface area contributed by atoms with E-state index >= 15 is 0 Å². The van der Waals surface area contributed by atoms with Crippen molar-refractivity contribution in [1.82, 2.24) is 5.43 Å². The number of hydrogen-bond acceptors (Lipinski definition) is 5. The molecule has 0 heterocycles. The van der Waals surface area contributed by atoms with E-state index in [1.807, 2.05) is 37.3 Å². The van der Waals surface area contributed by atoms with Gasteiger partial charge in [0.15, 0.2) is 11.5 Å². The first-order valence-corrected chi connectivity index (χ1v) is 9.88. The third-order valence-corrected chi connectivity index (χ3v) is 4.19. The number of amides is 2. The standard InChI is InChI=1S/C24H22FN3O4/c1-2-31-22-14-18(8-13-21(22)32-16-17-6-4-3-5-7-17)15-26-28-24(30)23(29)27-20-11-9-19(25)10-12-20/h3-15H,2,16H2,1H3,(H,27,29)(H,28,30)/b26-15+. The van der Waals surface area contributed by atoms with Crippen molar-refractivity contribution in [2.75, 3.05) is 11.9 Å². The molecule has 0 saturated heterocycles. The molecule has 2 N–H and O–H groups in total. The van der Waals surface area contributed by atoms with Gasteiger partial charge in [-0.25, -0.2) is 9.82 Å². The molecule has 3 aromatic rings. The second-order valence-electron chi connectivity index (χ2n) is 6.57. The van der Waals surface area contributed by atoms with Crippen LogP contribution in [0.5, 0.6) is 11.5 Å². The monoisotopic (exact) mass is 435 g/mol. The van der Waals surface area contributed by atoms with Crippen LogP contribution in [0.15, 0.2) is 77.9 Å². The van der Waals surface area contributed by atoms with Crippen molar-refractivity contribution < 1.29 is 23.5 Å². The molecule has 0 radical (unpaired) electrons. The Kier molecular flexibility index (Phi) is 7.91. The summed E-state index contributed by atoms with van der Waals surface area (Å²) >= 11 is 0. The molecule has 0 aliphatic rings. The van der Waals surface area contributed by atoms with E-state index in [1.165, 1.54) is 30.5 Å². The van der Waals surface area contributed by atoms with E-state index in [1.54, 1.807) is 18.2 Å². The second kappa shape index (κ2) is 11.3. The molecule has 0 spiro atoms. The van der Waals surface area contributed by atoms with Gasteiger partial charge in [0.1, 0.15) is 12.4 Å². The fraction of sp³-hybridized carbons (Fsp3) is 0.125. The maximum atomic E-state index is 12.9. The fourth-order valence-corrected chi connectivity index (χ4v) is 2.67. The van der Waals surface area contributed by atoms with Gasteiger partial charge in [-0.3, -0.25) is 9.59 Å². The average Bonchev–Trinajstić information content (AvgIpc) is 2.81. The van der Waals surface area contributed by atoms with Crippen LogP contribution in [0.3, 0.4) is 0 Å². The van der Waals surface area contributed by atoms with Crippen LogP contribution in [-0.2, 0) is 16.2 Å². The first-order valence-electron chi connectivity index (χ1n) is 9.88. The van der Waals surface area contributed by atoms with Gasteiger partial charge in [-0.2, -0.15) is 5.10 Å². The molecular formula is C24H22FN3O4. The predicted octanol–water partition coefficient (Wildman–Crippen LogP) is 3.89. The Hall–Kier alpha value is -4.20. The van der Waals surface area contributed by atoms with Crippen LogP contribution in [0.1, 0.15) is 18.1 Å². The molecule has 7 nitrogen and oxygen atoms in total. The molecule has 32 heavy (non-hydrogen) atoms. The van der Waals surface area contributed by atoms with Gasteiger partial charge in [0.2, 0.25) is 0 Å². The molecular weight excluding hydrogens is 413 g/mol. The van der Waals surface area contributed by atoms with Crippen LogP contribution in [0.25, 0.3) is 0 Å². The van der Waals surface area contributed by atoms with E-state index < -0.39 is 17.6 Å². The third kappa shape index (κ3) is 6.66. The van der Waals surface area contributed by atoms with Crippen LogP contribution in [0.4, 0.5) is 10.1 Å². The summed E-state index contributed by atoms with van der Waals surface area (Å²) in [5.41, 5.74) is 4.11. The molecule has 0 aromatic heterocycles. The summed E-state index contributed by atoms with van der Waals surface area (Å²) in [4.78, 5) is 23.8. The molecule has 0 fully saturated rings. The summed E-state index contributed by atoms with van der Waals surface area (Å²) in [6.07, 6.45) is 1.38. The van der Waals surface area contributed by atoms with Gasteiger partial charge in [0.05, 0.1) is 12.8 Å².